The smallest absolute Gasteiger partial charge is 0.416 e. The molecule has 0 saturated heterocycles. The number of hydrogen-bond donors (Lipinski definition) is 0. The van der Waals surface area contributed by atoms with E-state index in [1.165, 1.54) is 12.1 Å². The maximum Gasteiger partial charge on any atom is 0.416 e. The van der Waals surface area contributed by atoms with Crippen LogP contribution >= 0.6 is 23.2 Å². The van der Waals surface area contributed by atoms with Gasteiger partial charge in [-0.25, -0.2) is 0 Å². The number of hydrogen-bond acceptors (Lipinski definition) is 2. The first-order chi connectivity index (χ1) is 10.2. The fourth-order valence-electron chi connectivity index (χ4n) is 1.76. The molecule has 0 unspecified atom stereocenters. The summed E-state index contributed by atoms with van der Waals surface area (Å²) < 4.78 is 43.4. The molecule has 0 atom stereocenters. The molecule has 2 rings (SSSR count). The summed E-state index contributed by atoms with van der Waals surface area (Å²) in [6, 6.07) is 8.12. The third-order valence-electron chi connectivity index (χ3n) is 2.86. The Morgan fingerprint density at radius 2 is 1.68 bits per heavy atom. The third-order valence-corrected chi connectivity index (χ3v) is 3.43. The van der Waals surface area contributed by atoms with Gasteiger partial charge in [-0.1, -0.05) is 23.2 Å². The summed E-state index contributed by atoms with van der Waals surface area (Å²) in [5, 5.41) is 8.36. The highest BCUT2D eigenvalue weighted by molar-refractivity contribution is 6.37. The fraction of sp³-hybridized carbons (Fsp3) is 0.133. The van der Waals surface area contributed by atoms with E-state index in [0.717, 1.165) is 12.1 Å². The predicted octanol–water partition coefficient (Wildman–Crippen LogP) is 5.98. The number of halogens is 5. The molecule has 0 radical (unpaired) electrons. The molecule has 7 heteroatoms. The molecule has 0 amide bonds. The average molecular weight is 346 g/mol. The van der Waals surface area contributed by atoms with E-state index in [1.54, 1.807) is 13.0 Å². The van der Waals surface area contributed by atoms with Gasteiger partial charge in [-0.3, -0.25) is 0 Å². The highest BCUT2D eigenvalue weighted by Gasteiger charge is 2.32. The van der Waals surface area contributed by atoms with Crippen molar-refractivity contribution in [3.63, 3.8) is 0 Å². The minimum Gasteiger partial charge on any atom is -0.454 e. The Bertz CT molecular complexity index is 743. The molecule has 0 aliphatic carbocycles. The van der Waals surface area contributed by atoms with Crippen LogP contribution in [-0.2, 0) is 6.18 Å². The van der Waals surface area contributed by atoms with Gasteiger partial charge in [0, 0.05) is 0 Å². The number of aryl methyl sites for hydroxylation is 1. The Hall–Kier alpha value is -1.90. The first-order valence-electron chi connectivity index (χ1n) is 5.97. The molecule has 0 aromatic heterocycles. The second-order valence-electron chi connectivity index (χ2n) is 4.46. The number of nitriles is 1. The standard InChI is InChI=1S/C15H8Cl2F3NO/c1-8-4-11(3-2-9(8)7-21)22-14-12(16)5-10(6-13(14)17)15(18,19)20/h2-6H,1H3. The molecule has 114 valence electrons. The molecular formula is C15H8Cl2F3NO. The van der Waals surface area contributed by atoms with Gasteiger partial charge in [-0.15, -0.1) is 0 Å². The Kier molecular flexibility index (Phi) is 4.55. The average Bonchev–Trinajstić information content (AvgIpc) is 2.41. The van der Waals surface area contributed by atoms with Crippen LogP contribution in [0, 0.1) is 18.3 Å². The van der Waals surface area contributed by atoms with Gasteiger partial charge in [0.1, 0.15) is 5.75 Å². The zero-order valence-electron chi connectivity index (χ0n) is 11.1. The van der Waals surface area contributed by atoms with Crippen LogP contribution in [0.5, 0.6) is 11.5 Å². The lowest BCUT2D eigenvalue weighted by Crippen LogP contribution is -2.05. The van der Waals surface area contributed by atoms with Gasteiger partial charge in [0.15, 0.2) is 5.75 Å². The third kappa shape index (κ3) is 3.46. The maximum absolute atomic E-state index is 12.7. The van der Waals surface area contributed by atoms with Crippen molar-refractivity contribution in [2.75, 3.05) is 0 Å². The van der Waals surface area contributed by atoms with Crippen LogP contribution in [0.15, 0.2) is 30.3 Å². The van der Waals surface area contributed by atoms with E-state index in [9.17, 15) is 13.2 Å². The lowest BCUT2D eigenvalue weighted by molar-refractivity contribution is -0.137. The Labute approximate surface area is 134 Å². The highest BCUT2D eigenvalue weighted by atomic mass is 35.5. The number of benzene rings is 2. The first-order valence-corrected chi connectivity index (χ1v) is 6.73. The van der Waals surface area contributed by atoms with Crippen molar-refractivity contribution in [1.29, 1.82) is 5.26 Å². The quantitative estimate of drug-likeness (QED) is 0.670. The van der Waals surface area contributed by atoms with Gasteiger partial charge in [0.2, 0.25) is 0 Å². The van der Waals surface area contributed by atoms with Crippen molar-refractivity contribution in [3.8, 4) is 17.6 Å². The molecule has 0 saturated carbocycles. The van der Waals surface area contributed by atoms with Crippen LogP contribution in [0.2, 0.25) is 10.0 Å². The Morgan fingerprint density at radius 1 is 1.09 bits per heavy atom. The van der Waals surface area contributed by atoms with E-state index < -0.39 is 11.7 Å². The van der Waals surface area contributed by atoms with Crippen molar-refractivity contribution >= 4 is 23.2 Å². The molecule has 2 aromatic rings. The van der Waals surface area contributed by atoms with Crippen molar-refractivity contribution in [3.05, 3.63) is 57.1 Å². The molecule has 0 aliphatic rings. The van der Waals surface area contributed by atoms with Gasteiger partial charge in [0.05, 0.1) is 27.2 Å². The topological polar surface area (TPSA) is 33.0 Å². The zero-order chi connectivity index (χ0) is 16.5. The van der Waals surface area contributed by atoms with Crippen LogP contribution in [0.25, 0.3) is 0 Å². The number of nitrogens with zero attached hydrogens (tertiary/aromatic N) is 1. The van der Waals surface area contributed by atoms with E-state index in [2.05, 4.69) is 0 Å². The minimum atomic E-state index is -4.54. The molecule has 0 spiro atoms. The van der Waals surface area contributed by atoms with Gasteiger partial charge >= 0.3 is 6.18 Å². The molecular weight excluding hydrogens is 338 g/mol. The van der Waals surface area contributed by atoms with Gasteiger partial charge < -0.3 is 4.74 Å². The van der Waals surface area contributed by atoms with E-state index in [-0.39, 0.29) is 15.8 Å². The molecule has 0 heterocycles. The zero-order valence-corrected chi connectivity index (χ0v) is 12.6. The number of alkyl halides is 3. The summed E-state index contributed by atoms with van der Waals surface area (Å²) in [7, 11) is 0. The number of rotatable bonds is 2. The summed E-state index contributed by atoms with van der Waals surface area (Å²) in [6.07, 6.45) is -4.54. The Balaban J connectivity index is 2.39. The van der Waals surface area contributed by atoms with Crippen LogP contribution in [-0.4, -0.2) is 0 Å². The fourth-order valence-corrected chi connectivity index (χ4v) is 2.33. The second-order valence-corrected chi connectivity index (χ2v) is 5.27. The van der Waals surface area contributed by atoms with Gasteiger partial charge in [0.25, 0.3) is 0 Å². The first kappa shape index (κ1) is 16.5. The summed E-state index contributed by atoms with van der Waals surface area (Å²) in [6.45, 7) is 1.71. The summed E-state index contributed by atoms with van der Waals surface area (Å²) in [5.41, 5.74) is 0.182. The van der Waals surface area contributed by atoms with E-state index in [1.807, 2.05) is 6.07 Å². The lowest BCUT2D eigenvalue weighted by atomic mass is 10.1. The van der Waals surface area contributed by atoms with E-state index in [0.29, 0.717) is 16.9 Å². The molecule has 0 aliphatic heterocycles. The Morgan fingerprint density at radius 3 is 2.14 bits per heavy atom. The van der Waals surface area contributed by atoms with Gasteiger partial charge in [-0.2, -0.15) is 18.4 Å². The summed E-state index contributed by atoms with van der Waals surface area (Å²) in [4.78, 5) is 0. The monoisotopic (exact) mass is 345 g/mol. The van der Waals surface area contributed by atoms with Crippen LogP contribution in [0.1, 0.15) is 16.7 Å². The van der Waals surface area contributed by atoms with Crippen molar-refractivity contribution in [1.82, 2.24) is 0 Å². The minimum absolute atomic E-state index is 0.0690. The SMILES string of the molecule is Cc1cc(Oc2c(Cl)cc(C(F)(F)F)cc2Cl)ccc1C#N. The molecule has 0 N–H and O–H groups in total. The molecule has 0 fully saturated rings. The van der Waals surface area contributed by atoms with Crippen LogP contribution in [0.4, 0.5) is 13.2 Å². The molecule has 2 aromatic carbocycles. The molecule has 2 nitrogen and oxygen atoms in total. The molecule has 22 heavy (non-hydrogen) atoms. The highest BCUT2D eigenvalue weighted by Crippen LogP contribution is 2.41. The van der Waals surface area contributed by atoms with Crippen molar-refractivity contribution in [2.24, 2.45) is 0 Å². The van der Waals surface area contributed by atoms with Gasteiger partial charge in [-0.05, 0) is 42.8 Å². The normalized spacial score (nSPS) is 11.1. The lowest BCUT2D eigenvalue weighted by Gasteiger charge is -2.13. The largest absolute Gasteiger partial charge is 0.454 e. The molecule has 0 bridgehead atoms. The second kappa shape index (κ2) is 6.07. The summed E-state index contributed by atoms with van der Waals surface area (Å²) in [5.74, 6) is 0.250. The number of ether oxygens (including phenoxy) is 1. The van der Waals surface area contributed by atoms with E-state index in [4.69, 9.17) is 33.2 Å². The van der Waals surface area contributed by atoms with Crippen LogP contribution in [0.3, 0.4) is 0 Å². The van der Waals surface area contributed by atoms with E-state index >= 15 is 0 Å². The predicted molar refractivity (Wildman–Crippen MR) is 77.4 cm³/mol. The van der Waals surface area contributed by atoms with Crippen molar-refractivity contribution < 1.29 is 17.9 Å². The van der Waals surface area contributed by atoms with Crippen LogP contribution < -0.4 is 4.74 Å². The summed E-state index contributed by atoms with van der Waals surface area (Å²) >= 11 is 11.7. The maximum atomic E-state index is 12.7. The van der Waals surface area contributed by atoms with Crippen molar-refractivity contribution in [2.45, 2.75) is 13.1 Å².